The summed E-state index contributed by atoms with van der Waals surface area (Å²) in [6.45, 7) is 1.53. The number of anilines is 1. The molecule has 0 saturated heterocycles. The number of carbonyl (C=O) groups excluding carboxylic acids is 2. The molecular formula is C29H24N2O5S. The van der Waals surface area contributed by atoms with Gasteiger partial charge >= 0.3 is 5.97 Å². The molecule has 1 N–H and O–H groups in total. The van der Waals surface area contributed by atoms with Crippen LogP contribution < -0.4 is 14.8 Å². The van der Waals surface area contributed by atoms with Gasteiger partial charge in [0, 0.05) is 17.0 Å². The highest BCUT2D eigenvalue weighted by Crippen LogP contribution is 2.36. The van der Waals surface area contributed by atoms with Gasteiger partial charge in [0.05, 0.1) is 35.7 Å². The Hall–Kier alpha value is -4.43. The molecule has 37 heavy (non-hydrogen) atoms. The van der Waals surface area contributed by atoms with Crippen molar-refractivity contribution in [3.05, 3.63) is 84.4 Å². The number of ether oxygens (including phenoxy) is 3. The van der Waals surface area contributed by atoms with Crippen LogP contribution in [0.4, 0.5) is 5.69 Å². The minimum Gasteiger partial charge on any atom is -0.497 e. The van der Waals surface area contributed by atoms with Crippen molar-refractivity contribution in [3.8, 4) is 22.1 Å². The van der Waals surface area contributed by atoms with E-state index in [1.54, 1.807) is 41.7 Å². The van der Waals surface area contributed by atoms with E-state index in [1.165, 1.54) is 21.1 Å². The number of thiazole rings is 1. The molecule has 0 aliphatic heterocycles. The van der Waals surface area contributed by atoms with Crippen LogP contribution in [-0.2, 0) is 9.53 Å². The van der Waals surface area contributed by atoms with Crippen molar-refractivity contribution in [2.24, 2.45) is 0 Å². The van der Waals surface area contributed by atoms with E-state index >= 15 is 0 Å². The van der Waals surface area contributed by atoms with Crippen molar-refractivity contribution in [1.82, 2.24) is 4.98 Å². The van der Waals surface area contributed by atoms with E-state index in [0.29, 0.717) is 22.7 Å². The Bertz CT molecular complexity index is 1590. The van der Waals surface area contributed by atoms with Crippen LogP contribution in [0.1, 0.15) is 17.3 Å². The number of amides is 1. The Labute approximate surface area is 217 Å². The van der Waals surface area contributed by atoms with Gasteiger partial charge in [-0.2, -0.15) is 0 Å². The molecule has 1 unspecified atom stereocenters. The number of rotatable bonds is 7. The van der Waals surface area contributed by atoms with Gasteiger partial charge in [-0.15, -0.1) is 11.3 Å². The smallest absolute Gasteiger partial charge is 0.339 e. The molecule has 186 valence electrons. The van der Waals surface area contributed by atoms with E-state index in [0.717, 1.165) is 31.6 Å². The lowest BCUT2D eigenvalue weighted by Crippen LogP contribution is -2.30. The van der Waals surface area contributed by atoms with E-state index in [1.807, 2.05) is 48.5 Å². The summed E-state index contributed by atoms with van der Waals surface area (Å²) in [5.41, 5.74) is 2.52. The Morgan fingerprint density at radius 1 is 0.919 bits per heavy atom. The maximum Gasteiger partial charge on any atom is 0.339 e. The van der Waals surface area contributed by atoms with Gasteiger partial charge in [-0.25, -0.2) is 9.78 Å². The molecule has 1 atom stereocenters. The van der Waals surface area contributed by atoms with Gasteiger partial charge in [-0.05, 0) is 42.6 Å². The van der Waals surface area contributed by atoms with Crippen LogP contribution in [0.2, 0.25) is 0 Å². The second kappa shape index (κ2) is 10.3. The minimum absolute atomic E-state index is 0.367. The molecule has 0 radical (unpaired) electrons. The summed E-state index contributed by atoms with van der Waals surface area (Å²) >= 11 is 1.56. The highest BCUT2D eigenvalue weighted by atomic mass is 32.1. The summed E-state index contributed by atoms with van der Waals surface area (Å²) in [4.78, 5) is 31.0. The highest BCUT2D eigenvalue weighted by molar-refractivity contribution is 7.21. The molecule has 1 amide bonds. The first-order valence-corrected chi connectivity index (χ1v) is 12.4. The molecule has 0 aliphatic carbocycles. The first kappa shape index (κ1) is 24.3. The van der Waals surface area contributed by atoms with Gasteiger partial charge in [-0.1, -0.05) is 42.5 Å². The zero-order chi connectivity index (χ0) is 25.9. The van der Waals surface area contributed by atoms with E-state index in [4.69, 9.17) is 19.2 Å². The summed E-state index contributed by atoms with van der Waals surface area (Å²) in [5.74, 6) is -0.0768. The molecule has 0 bridgehead atoms. The third kappa shape index (κ3) is 4.83. The first-order chi connectivity index (χ1) is 18.0. The number of methoxy groups -OCH3 is 2. The van der Waals surface area contributed by atoms with Gasteiger partial charge in [-0.3, -0.25) is 4.79 Å². The van der Waals surface area contributed by atoms with Gasteiger partial charge < -0.3 is 19.5 Å². The number of hydrogen-bond donors (Lipinski definition) is 1. The molecule has 8 heteroatoms. The molecule has 0 fully saturated rings. The van der Waals surface area contributed by atoms with Gasteiger partial charge in [0.2, 0.25) is 0 Å². The van der Waals surface area contributed by atoms with E-state index in [9.17, 15) is 9.59 Å². The molecule has 0 spiro atoms. The highest BCUT2D eigenvalue weighted by Gasteiger charge is 2.23. The van der Waals surface area contributed by atoms with Crippen LogP contribution >= 0.6 is 11.3 Å². The summed E-state index contributed by atoms with van der Waals surface area (Å²) in [7, 11) is 3.04. The zero-order valence-electron chi connectivity index (χ0n) is 20.5. The standard InChI is InChI=1S/C29H24N2O5S/c1-17(27(32)30-23-16-19(34-2)14-15-24(23)35-3)36-29(33)21-11-7-9-18-8-6-10-20(26(18)21)28-31-22-12-4-5-13-25(22)37-28/h4-17H,1-3H3,(H,30,32). The lowest BCUT2D eigenvalue weighted by molar-refractivity contribution is -0.123. The topological polar surface area (TPSA) is 86.8 Å². The van der Waals surface area contributed by atoms with Crippen molar-refractivity contribution >= 4 is 49.9 Å². The van der Waals surface area contributed by atoms with Crippen LogP contribution in [0.25, 0.3) is 31.6 Å². The predicted octanol–water partition coefficient (Wildman–Crippen LogP) is 6.32. The molecular weight excluding hydrogens is 488 g/mol. The second-order valence-electron chi connectivity index (χ2n) is 8.30. The van der Waals surface area contributed by atoms with Crippen molar-refractivity contribution in [3.63, 3.8) is 0 Å². The number of carbonyl (C=O) groups is 2. The fraction of sp³-hybridized carbons (Fsp3) is 0.138. The largest absolute Gasteiger partial charge is 0.497 e. The second-order valence-corrected chi connectivity index (χ2v) is 9.33. The third-order valence-electron chi connectivity index (χ3n) is 5.97. The number of nitrogens with one attached hydrogen (secondary N) is 1. The Morgan fingerprint density at radius 2 is 1.70 bits per heavy atom. The van der Waals surface area contributed by atoms with Crippen molar-refractivity contribution in [1.29, 1.82) is 0 Å². The van der Waals surface area contributed by atoms with Crippen molar-refractivity contribution < 1.29 is 23.8 Å². The number of nitrogens with zero attached hydrogens (tertiary/aromatic N) is 1. The fourth-order valence-corrected chi connectivity index (χ4v) is 5.10. The van der Waals surface area contributed by atoms with Crippen LogP contribution in [0.3, 0.4) is 0 Å². The molecule has 0 saturated carbocycles. The number of aromatic nitrogens is 1. The maximum absolute atomic E-state index is 13.3. The van der Waals surface area contributed by atoms with Crippen molar-refractivity contribution in [2.45, 2.75) is 13.0 Å². The SMILES string of the molecule is COc1ccc(OC)c(NC(=O)C(C)OC(=O)c2cccc3cccc(-c4nc5ccccc5s4)c23)c1. The Kier molecular flexibility index (Phi) is 6.74. The zero-order valence-corrected chi connectivity index (χ0v) is 21.3. The lowest BCUT2D eigenvalue weighted by Gasteiger charge is -2.17. The average Bonchev–Trinajstić information content (AvgIpc) is 3.36. The Balaban J connectivity index is 1.44. The van der Waals surface area contributed by atoms with Crippen LogP contribution in [0.15, 0.2) is 78.9 Å². The van der Waals surface area contributed by atoms with Gasteiger partial charge in [0.15, 0.2) is 6.10 Å². The number of fused-ring (bicyclic) bond motifs is 2. The summed E-state index contributed by atoms with van der Waals surface area (Å²) < 4.78 is 17.2. The molecule has 1 heterocycles. The van der Waals surface area contributed by atoms with Crippen LogP contribution in [-0.4, -0.2) is 37.2 Å². The van der Waals surface area contributed by atoms with Gasteiger partial charge in [0.25, 0.3) is 5.91 Å². The summed E-state index contributed by atoms with van der Waals surface area (Å²) in [6, 6.07) is 24.2. The number of para-hydroxylation sites is 1. The predicted molar refractivity (Wildman–Crippen MR) is 146 cm³/mol. The number of hydrogen-bond acceptors (Lipinski definition) is 7. The maximum atomic E-state index is 13.3. The normalized spacial score (nSPS) is 11.8. The molecule has 0 aliphatic rings. The van der Waals surface area contributed by atoms with Crippen LogP contribution in [0.5, 0.6) is 11.5 Å². The lowest BCUT2D eigenvalue weighted by atomic mass is 9.99. The monoisotopic (exact) mass is 512 g/mol. The summed E-state index contributed by atoms with van der Waals surface area (Å²) in [5, 5.41) is 5.17. The van der Waals surface area contributed by atoms with E-state index in [-0.39, 0.29) is 0 Å². The molecule has 5 aromatic rings. The van der Waals surface area contributed by atoms with Crippen LogP contribution in [0, 0.1) is 0 Å². The van der Waals surface area contributed by atoms with Crippen molar-refractivity contribution in [2.75, 3.05) is 19.5 Å². The van der Waals surface area contributed by atoms with Gasteiger partial charge in [0.1, 0.15) is 16.5 Å². The fourth-order valence-electron chi connectivity index (χ4n) is 4.10. The quantitative estimate of drug-likeness (QED) is 0.257. The minimum atomic E-state index is -1.06. The van der Waals surface area contributed by atoms with E-state index in [2.05, 4.69) is 5.32 Å². The molecule has 7 nitrogen and oxygen atoms in total. The number of benzene rings is 4. The molecule has 4 aromatic carbocycles. The molecule has 5 rings (SSSR count). The number of esters is 1. The molecule has 1 aromatic heterocycles. The van der Waals surface area contributed by atoms with E-state index < -0.39 is 18.0 Å². The third-order valence-corrected chi connectivity index (χ3v) is 7.04. The first-order valence-electron chi connectivity index (χ1n) is 11.6. The average molecular weight is 513 g/mol. The Morgan fingerprint density at radius 3 is 2.46 bits per heavy atom. The summed E-state index contributed by atoms with van der Waals surface area (Å²) in [6.07, 6.45) is -1.06.